The fourth-order valence-corrected chi connectivity index (χ4v) is 3.53. The van der Waals surface area contributed by atoms with E-state index in [0.717, 1.165) is 39.7 Å². The molecule has 0 amide bonds. The third-order valence-corrected chi connectivity index (χ3v) is 5.54. The number of hydrogen-bond acceptors (Lipinski definition) is 3. The fourth-order valence-electron chi connectivity index (χ4n) is 3.53. The molecule has 0 heterocycles. The number of aldehydes is 1. The van der Waals surface area contributed by atoms with Crippen LogP contribution in [0.15, 0.2) is 126 Å². The molecule has 0 aromatic heterocycles. The van der Waals surface area contributed by atoms with E-state index in [-0.39, 0.29) is 5.57 Å². The van der Waals surface area contributed by atoms with Gasteiger partial charge >= 0.3 is 0 Å². The third kappa shape index (κ3) is 6.84. The Kier molecular flexibility index (Phi) is 8.45. The molecule has 3 aromatic carbocycles. The lowest BCUT2D eigenvalue weighted by molar-refractivity contribution is 0.112. The first-order valence-corrected chi connectivity index (χ1v) is 11.8. The summed E-state index contributed by atoms with van der Waals surface area (Å²) in [5, 5.41) is 19.0. The maximum atomic E-state index is 10.8. The first-order chi connectivity index (χ1) is 18.7. The van der Waals surface area contributed by atoms with Crippen LogP contribution in [0.25, 0.3) is 5.57 Å². The smallest absolute Gasteiger partial charge is 0.150 e. The summed E-state index contributed by atoms with van der Waals surface area (Å²) >= 11 is 0. The highest BCUT2D eigenvalue weighted by atomic mass is 16.1. The van der Waals surface area contributed by atoms with Crippen molar-refractivity contribution in [1.29, 1.82) is 10.5 Å². The lowest BCUT2D eigenvalue weighted by atomic mass is 9.97. The molecule has 0 saturated heterocycles. The van der Waals surface area contributed by atoms with Crippen molar-refractivity contribution < 1.29 is 4.79 Å². The quantitative estimate of drug-likeness (QED) is 0.236. The molecular weight excluding hydrogens is 464 g/mol. The van der Waals surface area contributed by atoms with Crippen molar-refractivity contribution in [3.63, 3.8) is 0 Å². The van der Waals surface area contributed by atoms with Crippen molar-refractivity contribution in [1.82, 2.24) is 0 Å². The highest BCUT2D eigenvalue weighted by Crippen LogP contribution is 2.23. The first-order valence-electron chi connectivity index (χ1n) is 11.8. The van der Waals surface area contributed by atoms with Gasteiger partial charge in [0.05, 0.1) is 0 Å². The van der Waals surface area contributed by atoms with Gasteiger partial charge in [-0.1, -0.05) is 84.4 Å². The van der Waals surface area contributed by atoms with Crippen LogP contribution < -0.4 is 0 Å². The SMILES string of the molecule is N#CC(C#N)=C(C=C1C=CC=CC=C1)c1ccc(C#Cc2ccc(C#Cc3ccc(C=O)cc3)cc2)cc1. The molecule has 0 radical (unpaired) electrons. The molecule has 3 aromatic rings. The van der Waals surface area contributed by atoms with Gasteiger partial charge in [0.1, 0.15) is 24.0 Å². The molecule has 176 valence electrons. The van der Waals surface area contributed by atoms with Crippen LogP contribution >= 0.6 is 0 Å². The average Bonchev–Trinajstić information content (AvgIpc) is 3.25. The van der Waals surface area contributed by atoms with Crippen molar-refractivity contribution in [3.05, 3.63) is 160 Å². The minimum Gasteiger partial charge on any atom is -0.298 e. The molecule has 0 unspecified atom stereocenters. The van der Waals surface area contributed by atoms with Crippen LogP contribution in [0, 0.1) is 46.3 Å². The highest BCUT2D eigenvalue weighted by Gasteiger charge is 2.08. The Morgan fingerprint density at radius 1 is 0.579 bits per heavy atom. The molecule has 0 atom stereocenters. The summed E-state index contributed by atoms with van der Waals surface area (Å²) in [4.78, 5) is 10.8. The Labute approximate surface area is 222 Å². The van der Waals surface area contributed by atoms with Gasteiger partial charge in [-0.25, -0.2) is 0 Å². The molecule has 0 N–H and O–H groups in total. The maximum Gasteiger partial charge on any atom is 0.150 e. The number of carbonyl (C=O) groups excluding carboxylic acids is 1. The zero-order valence-electron chi connectivity index (χ0n) is 20.3. The second-order valence-corrected chi connectivity index (χ2v) is 8.15. The lowest BCUT2D eigenvalue weighted by Crippen LogP contribution is -1.89. The monoisotopic (exact) mass is 484 g/mol. The van der Waals surface area contributed by atoms with Gasteiger partial charge < -0.3 is 0 Å². The predicted molar refractivity (Wildman–Crippen MR) is 150 cm³/mol. The minimum absolute atomic E-state index is 0.0523. The summed E-state index contributed by atoms with van der Waals surface area (Å²) in [6.45, 7) is 0. The molecular formula is C35H20N2O. The number of carbonyl (C=O) groups is 1. The lowest BCUT2D eigenvalue weighted by Gasteiger charge is -2.05. The van der Waals surface area contributed by atoms with Gasteiger partial charge in [-0.05, 0) is 65.7 Å². The number of allylic oxidation sites excluding steroid dienone is 10. The topological polar surface area (TPSA) is 64.7 Å². The number of benzene rings is 3. The van der Waals surface area contributed by atoms with Gasteiger partial charge in [0.2, 0.25) is 0 Å². The van der Waals surface area contributed by atoms with Gasteiger partial charge in [0.15, 0.2) is 0 Å². The van der Waals surface area contributed by atoms with E-state index in [1.54, 1.807) is 12.1 Å². The molecule has 1 aliphatic carbocycles. The number of hydrogen-bond donors (Lipinski definition) is 0. The van der Waals surface area contributed by atoms with Crippen molar-refractivity contribution in [2.24, 2.45) is 0 Å². The van der Waals surface area contributed by atoms with Crippen LogP contribution in [0.1, 0.15) is 38.2 Å². The van der Waals surface area contributed by atoms with E-state index in [4.69, 9.17) is 0 Å². The molecule has 0 fully saturated rings. The summed E-state index contributed by atoms with van der Waals surface area (Å²) in [7, 11) is 0. The second-order valence-electron chi connectivity index (χ2n) is 8.15. The molecule has 3 heteroatoms. The van der Waals surface area contributed by atoms with E-state index >= 15 is 0 Å². The van der Waals surface area contributed by atoms with E-state index in [2.05, 4.69) is 23.7 Å². The molecule has 38 heavy (non-hydrogen) atoms. The van der Waals surface area contributed by atoms with Gasteiger partial charge in [-0.2, -0.15) is 10.5 Å². The molecule has 0 saturated carbocycles. The van der Waals surface area contributed by atoms with Gasteiger partial charge in [-0.3, -0.25) is 4.79 Å². The molecule has 0 spiro atoms. The van der Waals surface area contributed by atoms with Crippen molar-refractivity contribution in [2.45, 2.75) is 0 Å². The van der Waals surface area contributed by atoms with Gasteiger partial charge in [0, 0.05) is 33.4 Å². The van der Waals surface area contributed by atoms with Crippen molar-refractivity contribution >= 4 is 11.9 Å². The predicted octanol–water partition coefficient (Wildman–Crippen LogP) is 6.71. The highest BCUT2D eigenvalue weighted by molar-refractivity contribution is 5.83. The van der Waals surface area contributed by atoms with E-state index < -0.39 is 0 Å². The summed E-state index contributed by atoms with van der Waals surface area (Å²) in [6, 6.07) is 26.3. The summed E-state index contributed by atoms with van der Waals surface area (Å²) in [6.07, 6.45) is 14.2. The van der Waals surface area contributed by atoms with E-state index in [1.165, 1.54) is 0 Å². The average molecular weight is 485 g/mol. The van der Waals surface area contributed by atoms with E-state index in [9.17, 15) is 15.3 Å². The third-order valence-electron chi connectivity index (χ3n) is 5.54. The fraction of sp³-hybridized carbons (Fsp3) is 0. The molecule has 3 nitrogen and oxygen atoms in total. The largest absolute Gasteiger partial charge is 0.298 e. The summed E-state index contributed by atoms with van der Waals surface area (Å²) in [5.41, 5.74) is 6.28. The van der Waals surface area contributed by atoms with Gasteiger partial charge in [0.25, 0.3) is 0 Å². The Bertz CT molecular complexity index is 1670. The normalized spacial score (nSPS) is 10.9. The molecule has 4 rings (SSSR count). The van der Waals surface area contributed by atoms with E-state index in [1.807, 2.05) is 115 Å². The van der Waals surface area contributed by atoms with Crippen LogP contribution in [0.3, 0.4) is 0 Å². The summed E-state index contributed by atoms with van der Waals surface area (Å²) in [5.74, 6) is 12.5. The standard InChI is InChI=1S/C35H20N2O/c36-24-34(25-37)35(23-31-5-3-1-2-4-6-31)33-21-19-30(20-22-33)14-13-28-9-7-27(8-10-28)11-12-29-15-17-32(26-38)18-16-29/h1-10,15-23,26H. The Morgan fingerprint density at radius 2 is 1.00 bits per heavy atom. The maximum absolute atomic E-state index is 10.8. The number of rotatable bonds is 3. The summed E-state index contributed by atoms with van der Waals surface area (Å²) < 4.78 is 0. The van der Waals surface area contributed by atoms with Crippen LogP contribution in [0.4, 0.5) is 0 Å². The van der Waals surface area contributed by atoms with Gasteiger partial charge in [-0.15, -0.1) is 0 Å². The Morgan fingerprint density at radius 3 is 1.42 bits per heavy atom. The number of nitriles is 2. The van der Waals surface area contributed by atoms with E-state index in [0.29, 0.717) is 11.1 Å². The van der Waals surface area contributed by atoms with Crippen LogP contribution in [-0.4, -0.2) is 6.29 Å². The molecule has 1 aliphatic rings. The minimum atomic E-state index is 0.0523. The number of nitrogens with zero attached hydrogens (tertiary/aromatic N) is 2. The van der Waals surface area contributed by atoms with Crippen molar-refractivity contribution in [3.8, 4) is 35.8 Å². The zero-order chi connectivity index (χ0) is 26.6. The molecule has 0 aliphatic heterocycles. The van der Waals surface area contributed by atoms with Crippen molar-refractivity contribution in [2.75, 3.05) is 0 Å². The van der Waals surface area contributed by atoms with Crippen LogP contribution in [0.2, 0.25) is 0 Å². The Hall–Kier alpha value is -5.87. The second kappa shape index (κ2) is 12.7. The zero-order valence-corrected chi connectivity index (χ0v) is 20.3. The van der Waals surface area contributed by atoms with Crippen LogP contribution in [-0.2, 0) is 0 Å². The first kappa shape index (κ1) is 25.2. The Balaban J connectivity index is 1.50. The molecule has 0 bridgehead atoms. The van der Waals surface area contributed by atoms with Crippen LogP contribution in [0.5, 0.6) is 0 Å².